The van der Waals surface area contributed by atoms with E-state index in [0.717, 1.165) is 25.7 Å². The van der Waals surface area contributed by atoms with E-state index in [1.54, 1.807) is 24.3 Å². The van der Waals surface area contributed by atoms with Crippen LogP contribution in [0.15, 0.2) is 30.3 Å². The van der Waals surface area contributed by atoms with Gasteiger partial charge < -0.3 is 5.32 Å². The molecule has 1 heterocycles. The molecule has 0 aromatic heterocycles. The lowest BCUT2D eigenvalue weighted by Gasteiger charge is -2.12. The quantitative estimate of drug-likeness (QED) is 0.661. The fraction of sp³-hybridized carbons (Fsp3) is 0.357. The van der Waals surface area contributed by atoms with E-state index in [-0.39, 0.29) is 29.1 Å². The zero-order valence-electron chi connectivity index (χ0n) is 11.0. The summed E-state index contributed by atoms with van der Waals surface area (Å²) in [6.07, 6.45) is 7.54. The Morgan fingerprint density at radius 2 is 2.10 bits per heavy atom. The fourth-order valence-electron chi connectivity index (χ4n) is 2.19. The molecule has 0 aliphatic carbocycles. The number of nitrogens with one attached hydrogen (secondary N) is 2. The molecule has 1 aliphatic rings. The van der Waals surface area contributed by atoms with Gasteiger partial charge in [0.05, 0.1) is 16.3 Å². The Morgan fingerprint density at radius 3 is 2.85 bits per heavy atom. The number of hydrogen-bond acceptors (Lipinski definition) is 3. The molecule has 1 aromatic carbocycles. The van der Waals surface area contributed by atoms with E-state index in [1.165, 1.54) is 6.07 Å². The molecule has 2 rings (SSSR count). The Labute approximate surface area is 124 Å². The van der Waals surface area contributed by atoms with Gasteiger partial charge in [-0.3, -0.25) is 15.5 Å². The smallest absolute Gasteiger partial charge is 0.276 e. The van der Waals surface area contributed by atoms with Crippen molar-refractivity contribution in [3.8, 4) is 0 Å². The third kappa shape index (κ3) is 4.35. The Hall–Kier alpha value is -1.88. The number of para-hydroxylation sites is 1. The highest BCUT2D eigenvalue weighted by Gasteiger charge is 2.13. The molecule has 1 atom stereocenters. The summed E-state index contributed by atoms with van der Waals surface area (Å²) in [5.74, 6) is 0.551. The van der Waals surface area contributed by atoms with Crippen molar-refractivity contribution in [3.63, 3.8) is 0 Å². The van der Waals surface area contributed by atoms with Crippen molar-refractivity contribution < 1.29 is 4.92 Å². The number of nitrogens with zero attached hydrogens (tertiary/aromatic N) is 1. The van der Waals surface area contributed by atoms with Crippen LogP contribution in [-0.2, 0) is 0 Å². The van der Waals surface area contributed by atoms with Crippen LogP contribution < -0.4 is 5.32 Å². The summed E-state index contributed by atoms with van der Waals surface area (Å²) in [6.45, 7) is 0. The van der Waals surface area contributed by atoms with E-state index < -0.39 is 0 Å². The van der Waals surface area contributed by atoms with Crippen LogP contribution >= 0.6 is 12.4 Å². The van der Waals surface area contributed by atoms with Crippen molar-refractivity contribution in [3.05, 3.63) is 46.0 Å². The van der Waals surface area contributed by atoms with E-state index in [2.05, 4.69) is 5.32 Å². The molecule has 0 saturated carbocycles. The van der Waals surface area contributed by atoms with Crippen LogP contribution in [0.2, 0.25) is 0 Å². The van der Waals surface area contributed by atoms with Gasteiger partial charge in [-0.15, -0.1) is 12.4 Å². The number of benzene rings is 1. The van der Waals surface area contributed by atoms with Crippen molar-refractivity contribution in [1.29, 1.82) is 5.41 Å². The Balaban J connectivity index is 0.00000200. The maximum absolute atomic E-state index is 10.9. The monoisotopic (exact) mass is 295 g/mol. The molecule has 2 N–H and O–H groups in total. The van der Waals surface area contributed by atoms with Gasteiger partial charge in [0, 0.05) is 18.5 Å². The van der Waals surface area contributed by atoms with Crippen molar-refractivity contribution in [2.24, 2.45) is 0 Å². The van der Waals surface area contributed by atoms with Crippen molar-refractivity contribution in [1.82, 2.24) is 5.32 Å². The topological polar surface area (TPSA) is 79.0 Å². The minimum absolute atomic E-state index is 0. The molecule has 1 aromatic rings. The zero-order valence-corrected chi connectivity index (χ0v) is 11.9. The number of nitro groups is 1. The average Bonchev–Trinajstić information content (AvgIpc) is 2.61. The number of hydrogen-bond donors (Lipinski definition) is 2. The van der Waals surface area contributed by atoms with Crippen LogP contribution in [0.4, 0.5) is 5.69 Å². The minimum Gasteiger partial charge on any atom is -0.368 e. The summed E-state index contributed by atoms with van der Waals surface area (Å²) < 4.78 is 0. The van der Waals surface area contributed by atoms with Gasteiger partial charge in [0.15, 0.2) is 0 Å². The average molecular weight is 296 g/mol. The van der Waals surface area contributed by atoms with E-state index in [0.29, 0.717) is 11.4 Å². The Morgan fingerprint density at radius 1 is 1.35 bits per heavy atom. The number of rotatable bonds is 3. The van der Waals surface area contributed by atoms with Gasteiger partial charge in [-0.25, -0.2) is 0 Å². The second-order valence-electron chi connectivity index (χ2n) is 4.65. The molecule has 5 nitrogen and oxygen atoms in total. The Kier molecular flexibility index (Phi) is 6.18. The summed E-state index contributed by atoms with van der Waals surface area (Å²) in [4.78, 5) is 10.5. The molecule has 0 bridgehead atoms. The van der Waals surface area contributed by atoms with Crippen molar-refractivity contribution in [2.45, 2.75) is 31.7 Å². The highest BCUT2D eigenvalue weighted by atomic mass is 35.5. The highest BCUT2D eigenvalue weighted by molar-refractivity contribution is 5.85. The van der Waals surface area contributed by atoms with Crippen LogP contribution in [0.1, 0.15) is 31.2 Å². The van der Waals surface area contributed by atoms with Gasteiger partial charge >= 0.3 is 0 Å². The molecule has 1 aliphatic heterocycles. The van der Waals surface area contributed by atoms with Crippen LogP contribution in [0.5, 0.6) is 0 Å². The molecular formula is C14H18ClN3O2. The third-order valence-electron chi connectivity index (χ3n) is 3.19. The lowest BCUT2D eigenvalue weighted by atomic mass is 10.1. The molecule has 20 heavy (non-hydrogen) atoms. The van der Waals surface area contributed by atoms with Crippen LogP contribution in [-0.4, -0.2) is 16.8 Å². The summed E-state index contributed by atoms with van der Waals surface area (Å²) in [6, 6.07) is 6.78. The standard InChI is InChI=1S/C14H17N3O2.ClH/c15-14-8-4-2-6-12(16-14)10-9-11-5-1-3-7-13(11)17(18)19;/h1,3,5,7,9-10,12H,2,4,6,8H2,(H2,15,16);1H/b10-9+;. The summed E-state index contributed by atoms with van der Waals surface area (Å²) >= 11 is 0. The summed E-state index contributed by atoms with van der Waals surface area (Å²) in [5.41, 5.74) is 0.715. The molecule has 0 spiro atoms. The first-order valence-corrected chi connectivity index (χ1v) is 6.42. The second-order valence-corrected chi connectivity index (χ2v) is 4.65. The number of halogens is 1. The van der Waals surface area contributed by atoms with Gasteiger partial charge in [0.1, 0.15) is 0 Å². The summed E-state index contributed by atoms with van der Waals surface area (Å²) in [7, 11) is 0. The minimum atomic E-state index is -0.373. The second kappa shape index (κ2) is 7.65. The molecular weight excluding hydrogens is 278 g/mol. The fourth-order valence-corrected chi connectivity index (χ4v) is 2.19. The largest absolute Gasteiger partial charge is 0.368 e. The lowest BCUT2D eigenvalue weighted by molar-refractivity contribution is -0.385. The van der Waals surface area contributed by atoms with Crippen molar-refractivity contribution >= 4 is 30.0 Å². The van der Waals surface area contributed by atoms with Gasteiger partial charge in [0.25, 0.3) is 5.69 Å². The molecule has 1 fully saturated rings. The Bertz CT molecular complexity index is 517. The van der Waals surface area contributed by atoms with Crippen LogP contribution in [0, 0.1) is 15.5 Å². The number of nitro benzene ring substituents is 1. The van der Waals surface area contributed by atoms with Crippen LogP contribution in [0.25, 0.3) is 6.08 Å². The van der Waals surface area contributed by atoms with E-state index in [1.807, 2.05) is 6.08 Å². The third-order valence-corrected chi connectivity index (χ3v) is 3.19. The SMILES string of the molecule is Cl.N=C1CCCCC(/C=C/c2ccccc2[N+](=O)[O-])N1. The molecule has 0 amide bonds. The maximum Gasteiger partial charge on any atom is 0.276 e. The van der Waals surface area contributed by atoms with Gasteiger partial charge in [0.2, 0.25) is 0 Å². The molecule has 6 heteroatoms. The van der Waals surface area contributed by atoms with E-state index in [9.17, 15) is 10.1 Å². The first-order valence-electron chi connectivity index (χ1n) is 6.42. The van der Waals surface area contributed by atoms with Gasteiger partial charge in [-0.1, -0.05) is 30.7 Å². The molecule has 1 unspecified atom stereocenters. The molecule has 1 saturated heterocycles. The number of amidine groups is 1. The highest BCUT2D eigenvalue weighted by Crippen LogP contribution is 2.20. The van der Waals surface area contributed by atoms with Crippen LogP contribution in [0.3, 0.4) is 0 Å². The lowest BCUT2D eigenvalue weighted by Crippen LogP contribution is -2.30. The van der Waals surface area contributed by atoms with Crippen molar-refractivity contribution in [2.75, 3.05) is 0 Å². The molecule has 108 valence electrons. The van der Waals surface area contributed by atoms with Gasteiger partial charge in [-0.05, 0) is 18.9 Å². The maximum atomic E-state index is 10.9. The normalized spacial score (nSPS) is 19.0. The first kappa shape index (κ1) is 16.2. The predicted octanol–water partition coefficient (Wildman–Crippen LogP) is 3.54. The predicted molar refractivity (Wildman–Crippen MR) is 82.5 cm³/mol. The first-order chi connectivity index (χ1) is 9.16. The van der Waals surface area contributed by atoms with E-state index >= 15 is 0 Å². The van der Waals surface area contributed by atoms with E-state index in [4.69, 9.17) is 5.41 Å². The van der Waals surface area contributed by atoms with Gasteiger partial charge in [-0.2, -0.15) is 0 Å². The molecule has 0 radical (unpaired) electrons. The zero-order chi connectivity index (χ0) is 13.7. The summed E-state index contributed by atoms with van der Waals surface area (Å²) in [5, 5.41) is 21.7.